The molecule has 0 aromatic carbocycles. The van der Waals surface area contributed by atoms with Crippen molar-refractivity contribution in [3.8, 4) is 0 Å². The molecule has 1 amide bonds. The molecule has 0 saturated heterocycles. The van der Waals surface area contributed by atoms with Gasteiger partial charge in [-0.25, -0.2) is 0 Å². The van der Waals surface area contributed by atoms with Crippen LogP contribution in [0.5, 0.6) is 0 Å². The second-order valence-electron chi connectivity index (χ2n) is 5.22. The fourth-order valence-corrected chi connectivity index (χ4v) is 2.24. The average molecular weight is 285 g/mol. The molecule has 0 aliphatic rings. The number of carbonyl (C=O) groups excluding carboxylic acids is 1. The van der Waals surface area contributed by atoms with Crippen molar-refractivity contribution >= 4 is 22.2 Å². The molecular weight excluding hydrogens is 266 g/mol. The van der Waals surface area contributed by atoms with Crippen molar-refractivity contribution in [3.05, 3.63) is 27.1 Å². The van der Waals surface area contributed by atoms with Gasteiger partial charge in [-0.15, -0.1) is 0 Å². The van der Waals surface area contributed by atoms with E-state index in [1.807, 2.05) is 20.8 Å². The maximum atomic E-state index is 11.5. The molecule has 1 heterocycles. The SMILES string of the molecule is CC(C)(C)NC(=O)CCNCc1ccc([N+](=O)[O-])s1. The first kappa shape index (κ1) is 15.6. The van der Waals surface area contributed by atoms with Gasteiger partial charge in [-0.2, -0.15) is 0 Å². The Hall–Kier alpha value is -1.47. The summed E-state index contributed by atoms with van der Waals surface area (Å²) in [5.41, 5.74) is -0.217. The van der Waals surface area contributed by atoms with Crippen molar-refractivity contribution in [1.29, 1.82) is 0 Å². The van der Waals surface area contributed by atoms with Gasteiger partial charge in [0.25, 0.3) is 0 Å². The molecule has 0 aliphatic heterocycles. The van der Waals surface area contributed by atoms with Crippen molar-refractivity contribution in [1.82, 2.24) is 10.6 Å². The molecule has 19 heavy (non-hydrogen) atoms. The van der Waals surface area contributed by atoms with Crippen LogP contribution in [0.4, 0.5) is 5.00 Å². The lowest BCUT2D eigenvalue weighted by atomic mass is 10.1. The fourth-order valence-electron chi connectivity index (χ4n) is 1.45. The second-order valence-corrected chi connectivity index (χ2v) is 6.37. The van der Waals surface area contributed by atoms with Gasteiger partial charge in [-0.3, -0.25) is 14.9 Å². The summed E-state index contributed by atoms with van der Waals surface area (Å²) in [6.07, 6.45) is 0.394. The zero-order valence-electron chi connectivity index (χ0n) is 11.4. The maximum Gasteiger partial charge on any atom is 0.324 e. The summed E-state index contributed by atoms with van der Waals surface area (Å²) in [5, 5.41) is 16.6. The largest absolute Gasteiger partial charge is 0.351 e. The van der Waals surface area contributed by atoms with Gasteiger partial charge in [-0.1, -0.05) is 11.3 Å². The third-order valence-electron chi connectivity index (χ3n) is 2.17. The van der Waals surface area contributed by atoms with Crippen molar-refractivity contribution in [3.63, 3.8) is 0 Å². The second kappa shape index (κ2) is 6.63. The minimum atomic E-state index is -0.398. The van der Waals surface area contributed by atoms with Crippen LogP contribution in [0.25, 0.3) is 0 Å². The summed E-state index contributed by atoms with van der Waals surface area (Å²) in [5.74, 6) is -0.00263. The zero-order valence-corrected chi connectivity index (χ0v) is 12.2. The van der Waals surface area contributed by atoms with Crippen LogP contribution in [0.15, 0.2) is 12.1 Å². The zero-order chi connectivity index (χ0) is 14.5. The molecule has 6 nitrogen and oxygen atoms in total. The average Bonchev–Trinajstić information content (AvgIpc) is 2.70. The number of thiophene rings is 1. The van der Waals surface area contributed by atoms with Gasteiger partial charge in [-0.05, 0) is 26.8 Å². The van der Waals surface area contributed by atoms with E-state index < -0.39 is 4.92 Å². The van der Waals surface area contributed by atoms with Crippen LogP contribution in [0.3, 0.4) is 0 Å². The first-order valence-electron chi connectivity index (χ1n) is 6.03. The van der Waals surface area contributed by atoms with Crippen LogP contribution in [-0.2, 0) is 11.3 Å². The van der Waals surface area contributed by atoms with Crippen molar-refractivity contribution in [2.45, 2.75) is 39.3 Å². The summed E-state index contributed by atoms with van der Waals surface area (Å²) in [6, 6.07) is 3.22. The lowest BCUT2D eigenvalue weighted by molar-refractivity contribution is -0.380. The van der Waals surface area contributed by atoms with Crippen LogP contribution >= 0.6 is 11.3 Å². The third kappa shape index (κ3) is 6.30. The van der Waals surface area contributed by atoms with E-state index in [4.69, 9.17) is 0 Å². The van der Waals surface area contributed by atoms with E-state index in [-0.39, 0.29) is 16.4 Å². The molecule has 0 radical (unpaired) electrons. The van der Waals surface area contributed by atoms with Crippen LogP contribution in [-0.4, -0.2) is 22.9 Å². The number of hydrogen-bond donors (Lipinski definition) is 2. The van der Waals surface area contributed by atoms with E-state index in [1.165, 1.54) is 6.07 Å². The number of rotatable bonds is 6. The number of nitro groups is 1. The molecule has 0 atom stereocenters. The molecule has 7 heteroatoms. The van der Waals surface area contributed by atoms with Crippen LogP contribution < -0.4 is 10.6 Å². The van der Waals surface area contributed by atoms with Gasteiger partial charge in [0, 0.05) is 36.0 Å². The number of carbonyl (C=O) groups is 1. The normalized spacial score (nSPS) is 11.3. The first-order chi connectivity index (χ1) is 8.78. The molecule has 0 bridgehead atoms. The van der Waals surface area contributed by atoms with Crippen molar-refractivity contribution in [2.24, 2.45) is 0 Å². The highest BCUT2D eigenvalue weighted by atomic mass is 32.1. The van der Waals surface area contributed by atoms with Crippen LogP contribution in [0, 0.1) is 10.1 Å². The lowest BCUT2D eigenvalue weighted by Gasteiger charge is -2.20. The Kier molecular flexibility index (Phi) is 5.44. The van der Waals surface area contributed by atoms with E-state index in [1.54, 1.807) is 6.07 Å². The Bertz CT molecular complexity index is 451. The Morgan fingerprint density at radius 3 is 2.63 bits per heavy atom. The predicted molar refractivity (Wildman–Crippen MR) is 75.2 cm³/mol. The van der Waals surface area contributed by atoms with Gasteiger partial charge >= 0.3 is 5.00 Å². The molecule has 1 rings (SSSR count). The van der Waals surface area contributed by atoms with E-state index in [9.17, 15) is 14.9 Å². The summed E-state index contributed by atoms with van der Waals surface area (Å²) < 4.78 is 0. The quantitative estimate of drug-likeness (QED) is 0.476. The lowest BCUT2D eigenvalue weighted by Crippen LogP contribution is -2.41. The van der Waals surface area contributed by atoms with E-state index >= 15 is 0 Å². The molecule has 1 aromatic heterocycles. The fraction of sp³-hybridized carbons (Fsp3) is 0.583. The maximum absolute atomic E-state index is 11.5. The number of hydrogen-bond acceptors (Lipinski definition) is 5. The Balaban J connectivity index is 2.23. The molecular formula is C12H19N3O3S. The van der Waals surface area contributed by atoms with Gasteiger partial charge in [0.2, 0.25) is 5.91 Å². The number of nitrogens with zero attached hydrogens (tertiary/aromatic N) is 1. The summed E-state index contributed by atoms with van der Waals surface area (Å²) in [4.78, 5) is 22.5. The summed E-state index contributed by atoms with van der Waals surface area (Å²) in [6.45, 7) is 6.89. The number of nitrogens with one attached hydrogen (secondary N) is 2. The molecule has 2 N–H and O–H groups in total. The first-order valence-corrected chi connectivity index (χ1v) is 6.84. The predicted octanol–water partition coefficient (Wildman–Crippen LogP) is 2.05. The van der Waals surface area contributed by atoms with Crippen LogP contribution in [0.1, 0.15) is 32.1 Å². The van der Waals surface area contributed by atoms with Crippen molar-refractivity contribution in [2.75, 3.05) is 6.54 Å². The Morgan fingerprint density at radius 2 is 2.11 bits per heavy atom. The molecule has 106 valence electrons. The monoisotopic (exact) mass is 285 g/mol. The summed E-state index contributed by atoms with van der Waals surface area (Å²) >= 11 is 1.15. The van der Waals surface area contributed by atoms with E-state index in [0.29, 0.717) is 19.5 Å². The van der Waals surface area contributed by atoms with E-state index in [2.05, 4.69) is 10.6 Å². The summed E-state index contributed by atoms with van der Waals surface area (Å²) in [7, 11) is 0. The molecule has 0 aliphatic carbocycles. The highest BCUT2D eigenvalue weighted by Gasteiger charge is 2.13. The van der Waals surface area contributed by atoms with Gasteiger partial charge in [0.15, 0.2) is 0 Å². The molecule has 0 saturated carbocycles. The molecule has 0 unspecified atom stereocenters. The van der Waals surface area contributed by atoms with Gasteiger partial charge < -0.3 is 10.6 Å². The van der Waals surface area contributed by atoms with Crippen LogP contribution in [0.2, 0.25) is 0 Å². The highest BCUT2D eigenvalue weighted by molar-refractivity contribution is 7.15. The molecule has 1 aromatic rings. The smallest absolute Gasteiger partial charge is 0.324 e. The number of amides is 1. The topological polar surface area (TPSA) is 84.3 Å². The molecule has 0 spiro atoms. The Labute approximate surface area is 116 Å². The molecule has 0 fully saturated rings. The Morgan fingerprint density at radius 1 is 1.42 bits per heavy atom. The van der Waals surface area contributed by atoms with Gasteiger partial charge in [0.05, 0.1) is 4.92 Å². The third-order valence-corrected chi connectivity index (χ3v) is 3.21. The highest BCUT2D eigenvalue weighted by Crippen LogP contribution is 2.23. The standard InChI is InChI=1S/C12H19N3O3S/c1-12(2,3)14-10(16)6-7-13-8-9-4-5-11(19-9)15(17)18/h4-5,13H,6-8H2,1-3H3,(H,14,16). The minimum absolute atomic E-state index is 0.00263. The van der Waals surface area contributed by atoms with E-state index in [0.717, 1.165) is 16.2 Å². The minimum Gasteiger partial charge on any atom is -0.351 e. The van der Waals surface area contributed by atoms with Gasteiger partial charge in [0.1, 0.15) is 0 Å². The van der Waals surface area contributed by atoms with Crippen molar-refractivity contribution < 1.29 is 9.72 Å².